The molecule has 1 spiro atoms. The lowest BCUT2D eigenvalue weighted by atomic mass is 9.97. The lowest BCUT2D eigenvalue weighted by Gasteiger charge is -2.23. The Kier molecular flexibility index (Phi) is 4.05. The first-order chi connectivity index (χ1) is 11.2. The first-order valence-electron chi connectivity index (χ1n) is 8.15. The van der Waals surface area contributed by atoms with Crippen LogP contribution in [0.1, 0.15) is 22.6 Å². The van der Waals surface area contributed by atoms with E-state index >= 15 is 0 Å². The molecule has 0 aliphatic carbocycles. The predicted molar refractivity (Wildman–Crippen MR) is 91.7 cm³/mol. The molecular formula is C17H22N4OS. The van der Waals surface area contributed by atoms with Crippen molar-refractivity contribution in [3.05, 3.63) is 40.5 Å². The first kappa shape index (κ1) is 15.1. The van der Waals surface area contributed by atoms with Crippen molar-refractivity contribution < 1.29 is 4.74 Å². The van der Waals surface area contributed by atoms with Crippen LogP contribution in [0.5, 0.6) is 0 Å². The fourth-order valence-electron chi connectivity index (χ4n) is 3.66. The van der Waals surface area contributed by atoms with Crippen LogP contribution in [0.15, 0.2) is 30.7 Å². The largest absolute Gasteiger partial charge is 0.371 e. The molecule has 0 saturated carbocycles. The molecule has 2 atom stereocenters. The van der Waals surface area contributed by atoms with Gasteiger partial charge in [-0.1, -0.05) is 0 Å². The third-order valence-electron chi connectivity index (χ3n) is 4.70. The molecule has 5 nitrogen and oxygen atoms in total. The number of rotatable bonds is 4. The van der Waals surface area contributed by atoms with E-state index in [1.807, 2.05) is 11.3 Å². The number of ether oxygens (including phenoxy) is 1. The number of aromatic nitrogens is 2. The molecule has 0 amide bonds. The molecule has 4 rings (SSSR count). The highest BCUT2D eigenvalue weighted by Crippen LogP contribution is 2.36. The fourth-order valence-corrected chi connectivity index (χ4v) is 4.59. The van der Waals surface area contributed by atoms with Gasteiger partial charge in [0, 0.05) is 48.2 Å². The third kappa shape index (κ3) is 3.39. The Morgan fingerprint density at radius 2 is 2.39 bits per heavy atom. The Morgan fingerprint density at radius 1 is 1.43 bits per heavy atom. The molecular weight excluding hydrogens is 308 g/mol. The number of hydrogen-bond donors (Lipinski definition) is 1. The number of nitrogens with zero attached hydrogens (tertiary/aromatic N) is 3. The standard InChI is InChI=1S/C17H22N4OS/c1-13-2-3-15(23-13)10-21-7-4-17(12-21)8-14(11-22-17)20-16-9-18-5-6-19-16/h2-3,5-6,9,14H,4,7-8,10-12H2,1H3,(H,19,20). The van der Waals surface area contributed by atoms with Crippen LogP contribution in [-0.4, -0.2) is 46.2 Å². The van der Waals surface area contributed by atoms with Gasteiger partial charge in [0.2, 0.25) is 0 Å². The Labute approximate surface area is 140 Å². The molecule has 6 heteroatoms. The average molecular weight is 330 g/mol. The molecule has 4 heterocycles. The smallest absolute Gasteiger partial charge is 0.144 e. The number of nitrogens with one attached hydrogen (secondary N) is 1. The summed E-state index contributed by atoms with van der Waals surface area (Å²) >= 11 is 1.90. The molecule has 2 aliphatic heterocycles. The average Bonchev–Trinajstić information content (AvgIpc) is 3.24. The van der Waals surface area contributed by atoms with Gasteiger partial charge in [-0.15, -0.1) is 11.3 Å². The van der Waals surface area contributed by atoms with Gasteiger partial charge in [-0.2, -0.15) is 0 Å². The summed E-state index contributed by atoms with van der Waals surface area (Å²) in [6, 6.07) is 4.79. The van der Waals surface area contributed by atoms with E-state index < -0.39 is 0 Å². The molecule has 0 radical (unpaired) electrons. The third-order valence-corrected chi connectivity index (χ3v) is 5.68. The van der Waals surface area contributed by atoms with E-state index in [2.05, 4.69) is 39.2 Å². The zero-order valence-corrected chi connectivity index (χ0v) is 14.2. The van der Waals surface area contributed by atoms with E-state index in [0.717, 1.165) is 44.9 Å². The van der Waals surface area contributed by atoms with Crippen LogP contribution in [0.2, 0.25) is 0 Å². The fraction of sp³-hybridized carbons (Fsp3) is 0.529. The van der Waals surface area contributed by atoms with Gasteiger partial charge in [0.25, 0.3) is 0 Å². The topological polar surface area (TPSA) is 50.3 Å². The second-order valence-corrected chi connectivity index (χ2v) is 7.98. The van der Waals surface area contributed by atoms with Crippen LogP contribution >= 0.6 is 11.3 Å². The summed E-state index contributed by atoms with van der Waals surface area (Å²) in [6.45, 7) is 6.12. The number of likely N-dealkylation sites (tertiary alicyclic amines) is 1. The number of hydrogen-bond acceptors (Lipinski definition) is 6. The zero-order valence-electron chi connectivity index (χ0n) is 13.4. The van der Waals surface area contributed by atoms with Crippen molar-refractivity contribution in [1.82, 2.24) is 14.9 Å². The van der Waals surface area contributed by atoms with Gasteiger partial charge < -0.3 is 10.1 Å². The molecule has 2 fully saturated rings. The van der Waals surface area contributed by atoms with Crippen molar-refractivity contribution in [3.63, 3.8) is 0 Å². The Hall–Kier alpha value is -1.50. The summed E-state index contributed by atoms with van der Waals surface area (Å²) < 4.78 is 6.21. The SMILES string of the molecule is Cc1ccc(CN2CCC3(CC(Nc4cnccn4)CO3)C2)s1. The highest BCUT2D eigenvalue weighted by Gasteiger charge is 2.45. The van der Waals surface area contributed by atoms with E-state index in [4.69, 9.17) is 4.74 Å². The lowest BCUT2D eigenvalue weighted by Crippen LogP contribution is -2.33. The molecule has 2 aliphatic rings. The second kappa shape index (κ2) is 6.19. The van der Waals surface area contributed by atoms with E-state index in [9.17, 15) is 0 Å². The molecule has 0 aromatic carbocycles. The summed E-state index contributed by atoms with van der Waals surface area (Å²) in [5, 5.41) is 3.44. The van der Waals surface area contributed by atoms with Gasteiger partial charge in [-0.05, 0) is 25.5 Å². The highest BCUT2D eigenvalue weighted by atomic mass is 32.1. The lowest BCUT2D eigenvalue weighted by molar-refractivity contribution is 0.0120. The maximum atomic E-state index is 6.21. The van der Waals surface area contributed by atoms with Crippen molar-refractivity contribution in [2.24, 2.45) is 0 Å². The van der Waals surface area contributed by atoms with E-state index in [-0.39, 0.29) is 5.60 Å². The van der Waals surface area contributed by atoms with Gasteiger partial charge in [-0.3, -0.25) is 9.88 Å². The van der Waals surface area contributed by atoms with Crippen LogP contribution < -0.4 is 5.32 Å². The quantitative estimate of drug-likeness (QED) is 0.934. The summed E-state index contributed by atoms with van der Waals surface area (Å²) in [7, 11) is 0. The molecule has 2 aromatic heterocycles. The van der Waals surface area contributed by atoms with Gasteiger partial charge >= 0.3 is 0 Å². The number of aryl methyl sites for hydroxylation is 1. The highest BCUT2D eigenvalue weighted by molar-refractivity contribution is 7.11. The zero-order chi connectivity index (χ0) is 15.7. The Bertz CT molecular complexity index is 662. The van der Waals surface area contributed by atoms with Crippen LogP contribution in [0.4, 0.5) is 5.82 Å². The summed E-state index contributed by atoms with van der Waals surface area (Å²) in [5.74, 6) is 0.835. The molecule has 2 saturated heterocycles. The molecule has 2 unspecified atom stereocenters. The predicted octanol–water partition coefficient (Wildman–Crippen LogP) is 2.69. The van der Waals surface area contributed by atoms with Gasteiger partial charge in [-0.25, -0.2) is 4.98 Å². The molecule has 23 heavy (non-hydrogen) atoms. The number of thiophene rings is 1. The van der Waals surface area contributed by atoms with Gasteiger partial charge in [0.05, 0.1) is 24.4 Å². The molecule has 0 bridgehead atoms. The molecule has 1 N–H and O–H groups in total. The van der Waals surface area contributed by atoms with Crippen LogP contribution in [0.25, 0.3) is 0 Å². The summed E-state index contributed by atoms with van der Waals surface area (Å²) in [6.07, 6.45) is 7.35. The van der Waals surface area contributed by atoms with E-state index in [1.54, 1.807) is 18.6 Å². The maximum absolute atomic E-state index is 6.21. The van der Waals surface area contributed by atoms with E-state index in [1.165, 1.54) is 9.75 Å². The Balaban J connectivity index is 1.34. The monoisotopic (exact) mass is 330 g/mol. The number of anilines is 1. The minimum atomic E-state index is 0.0200. The minimum Gasteiger partial charge on any atom is -0.371 e. The van der Waals surface area contributed by atoms with Crippen molar-refractivity contribution in [1.29, 1.82) is 0 Å². The van der Waals surface area contributed by atoms with Crippen molar-refractivity contribution in [2.75, 3.05) is 25.0 Å². The van der Waals surface area contributed by atoms with Crippen LogP contribution in [0.3, 0.4) is 0 Å². The van der Waals surface area contributed by atoms with Gasteiger partial charge in [0.15, 0.2) is 0 Å². The molecule has 2 aromatic rings. The maximum Gasteiger partial charge on any atom is 0.144 e. The van der Waals surface area contributed by atoms with Crippen LogP contribution in [0, 0.1) is 6.92 Å². The minimum absolute atomic E-state index is 0.0200. The first-order valence-corrected chi connectivity index (χ1v) is 8.97. The molecule has 122 valence electrons. The Morgan fingerprint density at radius 3 is 3.17 bits per heavy atom. The summed E-state index contributed by atoms with van der Waals surface area (Å²) in [4.78, 5) is 13.8. The van der Waals surface area contributed by atoms with E-state index in [0.29, 0.717) is 6.04 Å². The van der Waals surface area contributed by atoms with Crippen molar-refractivity contribution in [3.8, 4) is 0 Å². The second-order valence-electron chi connectivity index (χ2n) is 6.60. The summed E-state index contributed by atoms with van der Waals surface area (Å²) in [5.41, 5.74) is 0.0200. The van der Waals surface area contributed by atoms with Gasteiger partial charge in [0.1, 0.15) is 5.82 Å². The van der Waals surface area contributed by atoms with Crippen molar-refractivity contribution in [2.45, 2.75) is 38.0 Å². The van der Waals surface area contributed by atoms with Crippen molar-refractivity contribution >= 4 is 17.2 Å². The normalized spacial score (nSPS) is 27.8. The van der Waals surface area contributed by atoms with Crippen LogP contribution in [-0.2, 0) is 11.3 Å².